The monoisotopic (exact) mass is 293 g/mol. The Labute approximate surface area is 125 Å². The van der Waals surface area contributed by atoms with Crippen molar-refractivity contribution in [1.82, 2.24) is 15.6 Å². The molecule has 0 atom stereocenters. The van der Waals surface area contributed by atoms with E-state index in [1.807, 2.05) is 13.0 Å². The molecule has 0 bridgehead atoms. The van der Waals surface area contributed by atoms with Gasteiger partial charge in [0.1, 0.15) is 0 Å². The van der Waals surface area contributed by atoms with E-state index < -0.39 is 5.41 Å². The molecule has 0 spiro atoms. The van der Waals surface area contributed by atoms with Crippen molar-refractivity contribution in [2.24, 2.45) is 5.41 Å². The predicted molar refractivity (Wildman–Crippen MR) is 79.7 cm³/mol. The van der Waals surface area contributed by atoms with E-state index in [1.54, 1.807) is 33.0 Å². The molecule has 0 saturated carbocycles. The minimum absolute atomic E-state index is 0.0413. The summed E-state index contributed by atoms with van der Waals surface area (Å²) in [5, 5.41) is 5.33. The minimum atomic E-state index is -0.508. The molecule has 2 amide bonds. The Morgan fingerprint density at radius 2 is 2.00 bits per heavy atom. The van der Waals surface area contributed by atoms with E-state index in [-0.39, 0.29) is 18.4 Å². The molecular weight excluding hydrogens is 270 g/mol. The molecule has 0 radical (unpaired) electrons. The quantitative estimate of drug-likeness (QED) is 0.827. The lowest BCUT2D eigenvalue weighted by Gasteiger charge is -2.17. The van der Waals surface area contributed by atoms with Gasteiger partial charge in [0.2, 0.25) is 17.7 Å². The Bertz CT molecular complexity index is 495. The van der Waals surface area contributed by atoms with Gasteiger partial charge in [-0.1, -0.05) is 26.8 Å². The van der Waals surface area contributed by atoms with Crippen LogP contribution < -0.4 is 15.4 Å². The lowest BCUT2D eigenvalue weighted by atomic mass is 9.96. The summed E-state index contributed by atoms with van der Waals surface area (Å²) in [5.74, 6) is 0.104. The summed E-state index contributed by atoms with van der Waals surface area (Å²) < 4.78 is 5.38. The number of ether oxygens (including phenoxy) is 1. The van der Waals surface area contributed by atoms with Crippen LogP contribution in [0.25, 0.3) is 0 Å². The van der Waals surface area contributed by atoms with Crippen LogP contribution in [-0.2, 0) is 16.1 Å². The molecule has 1 aromatic rings. The van der Waals surface area contributed by atoms with Crippen molar-refractivity contribution >= 4 is 11.8 Å². The number of hydrogen-bond acceptors (Lipinski definition) is 4. The van der Waals surface area contributed by atoms with Crippen LogP contribution in [0.2, 0.25) is 0 Å². The van der Waals surface area contributed by atoms with Gasteiger partial charge in [-0.25, -0.2) is 4.98 Å². The van der Waals surface area contributed by atoms with Gasteiger partial charge in [-0.2, -0.15) is 0 Å². The Hall–Kier alpha value is -2.11. The fourth-order valence-corrected chi connectivity index (χ4v) is 1.51. The van der Waals surface area contributed by atoms with Gasteiger partial charge in [0.05, 0.1) is 13.2 Å². The number of carbonyl (C=O) groups is 2. The van der Waals surface area contributed by atoms with Gasteiger partial charge in [-0.15, -0.1) is 0 Å². The first-order valence-corrected chi connectivity index (χ1v) is 6.96. The number of aromatic nitrogens is 1. The van der Waals surface area contributed by atoms with E-state index in [2.05, 4.69) is 15.6 Å². The van der Waals surface area contributed by atoms with Crippen molar-refractivity contribution in [2.75, 3.05) is 13.2 Å². The smallest absolute Gasteiger partial charge is 0.239 e. The third kappa shape index (κ3) is 5.81. The predicted octanol–water partition coefficient (Wildman–Crippen LogP) is 1.26. The largest absolute Gasteiger partial charge is 0.478 e. The Balaban J connectivity index is 2.45. The lowest BCUT2D eigenvalue weighted by Crippen LogP contribution is -2.41. The van der Waals surface area contributed by atoms with Crippen LogP contribution in [0.4, 0.5) is 0 Å². The number of nitrogens with zero attached hydrogens (tertiary/aromatic N) is 1. The fourth-order valence-electron chi connectivity index (χ4n) is 1.51. The van der Waals surface area contributed by atoms with Gasteiger partial charge in [0, 0.05) is 23.7 Å². The summed E-state index contributed by atoms with van der Waals surface area (Å²) >= 11 is 0. The highest BCUT2D eigenvalue weighted by Crippen LogP contribution is 2.14. The number of amides is 2. The SMILES string of the molecule is CCOc1ncccc1CNC(=O)CNC(=O)C(C)(C)C. The van der Waals surface area contributed by atoms with Crippen LogP contribution >= 0.6 is 0 Å². The van der Waals surface area contributed by atoms with Crippen LogP contribution in [-0.4, -0.2) is 29.9 Å². The molecule has 2 N–H and O–H groups in total. The molecule has 1 rings (SSSR count). The third-order valence-corrected chi connectivity index (χ3v) is 2.70. The molecular formula is C15H23N3O3. The first kappa shape index (κ1) is 16.9. The van der Waals surface area contributed by atoms with Gasteiger partial charge in [0.15, 0.2) is 0 Å². The zero-order valence-electron chi connectivity index (χ0n) is 13.0. The van der Waals surface area contributed by atoms with E-state index in [9.17, 15) is 9.59 Å². The molecule has 0 unspecified atom stereocenters. The maximum atomic E-state index is 11.7. The molecule has 116 valence electrons. The average Bonchev–Trinajstić information content (AvgIpc) is 2.43. The summed E-state index contributed by atoms with van der Waals surface area (Å²) in [7, 11) is 0. The molecule has 0 fully saturated rings. The number of nitrogens with one attached hydrogen (secondary N) is 2. The highest BCUT2D eigenvalue weighted by Gasteiger charge is 2.21. The van der Waals surface area contributed by atoms with Crippen LogP contribution in [0.3, 0.4) is 0 Å². The molecule has 1 aromatic heterocycles. The maximum Gasteiger partial charge on any atom is 0.239 e. The zero-order valence-corrected chi connectivity index (χ0v) is 13.0. The van der Waals surface area contributed by atoms with Gasteiger partial charge < -0.3 is 15.4 Å². The molecule has 0 aliphatic rings. The third-order valence-electron chi connectivity index (χ3n) is 2.70. The molecule has 0 saturated heterocycles. The normalized spacial score (nSPS) is 10.9. The van der Waals surface area contributed by atoms with Crippen molar-refractivity contribution in [2.45, 2.75) is 34.2 Å². The highest BCUT2D eigenvalue weighted by molar-refractivity contribution is 5.87. The second kappa shape index (κ2) is 7.61. The molecule has 0 aromatic carbocycles. The van der Waals surface area contributed by atoms with Crippen molar-refractivity contribution in [3.63, 3.8) is 0 Å². The summed E-state index contributed by atoms with van der Waals surface area (Å²) in [6, 6.07) is 3.62. The summed E-state index contributed by atoms with van der Waals surface area (Å²) in [4.78, 5) is 27.5. The van der Waals surface area contributed by atoms with Gasteiger partial charge in [0.25, 0.3) is 0 Å². The Kier molecular flexibility index (Phi) is 6.14. The van der Waals surface area contributed by atoms with Crippen molar-refractivity contribution in [3.8, 4) is 5.88 Å². The molecule has 0 aliphatic carbocycles. The van der Waals surface area contributed by atoms with E-state index in [4.69, 9.17) is 4.74 Å². The number of pyridine rings is 1. The zero-order chi connectivity index (χ0) is 15.9. The van der Waals surface area contributed by atoms with Crippen LogP contribution in [0, 0.1) is 5.41 Å². The van der Waals surface area contributed by atoms with Crippen molar-refractivity contribution < 1.29 is 14.3 Å². The standard InChI is InChI=1S/C15H23N3O3/c1-5-21-13-11(7-6-8-16-13)9-17-12(19)10-18-14(20)15(2,3)4/h6-8H,5,9-10H2,1-4H3,(H,17,19)(H,18,20). The Morgan fingerprint density at radius 3 is 2.62 bits per heavy atom. The average molecular weight is 293 g/mol. The summed E-state index contributed by atoms with van der Waals surface area (Å²) in [5.41, 5.74) is 0.293. The van der Waals surface area contributed by atoms with Crippen molar-refractivity contribution in [3.05, 3.63) is 23.9 Å². The van der Waals surface area contributed by atoms with Crippen LogP contribution in [0.5, 0.6) is 5.88 Å². The first-order valence-electron chi connectivity index (χ1n) is 6.96. The molecule has 21 heavy (non-hydrogen) atoms. The molecule has 0 aliphatic heterocycles. The summed E-state index contributed by atoms with van der Waals surface area (Å²) in [6.07, 6.45) is 1.64. The van der Waals surface area contributed by atoms with E-state index in [1.165, 1.54) is 0 Å². The first-order chi connectivity index (χ1) is 9.84. The highest BCUT2D eigenvalue weighted by atomic mass is 16.5. The van der Waals surface area contributed by atoms with Gasteiger partial charge in [-0.3, -0.25) is 9.59 Å². The minimum Gasteiger partial charge on any atom is -0.478 e. The number of rotatable bonds is 6. The topological polar surface area (TPSA) is 80.3 Å². The van der Waals surface area contributed by atoms with Gasteiger partial charge in [-0.05, 0) is 13.0 Å². The van der Waals surface area contributed by atoms with Crippen molar-refractivity contribution in [1.29, 1.82) is 0 Å². The van der Waals surface area contributed by atoms with Crippen LogP contribution in [0.15, 0.2) is 18.3 Å². The summed E-state index contributed by atoms with van der Waals surface area (Å²) in [6.45, 7) is 8.05. The fraction of sp³-hybridized carbons (Fsp3) is 0.533. The maximum absolute atomic E-state index is 11.7. The number of carbonyl (C=O) groups excluding carboxylic acids is 2. The lowest BCUT2D eigenvalue weighted by molar-refractivity contribution is -0.131. The number of hydrogen-bond donors (Lipinski definition) is 2. The van der Waals surface area contributed by atoms with E-state index in [0.717, 1.165) is 5.56 Å². The van der Waals surface area contributed by atoms with Gasteiger partial charge >= 0.3 is 0 Å². The molecule has 6 heteroatoms. The second-order valence-corrected chi connectivity index (χ2v) is 5.61. The van der Waals surface area contributed by atoms with Crippen LogP contribution in [0.1, 0.15) is 33.3 Å². The Morgan fingerprint density at radius 1 is 1.29 bits per heavy atom. The van der Waals surface area contributed by atoms with E-state index in [0.29, 0.717) is 19.0 Å². The molecule has 1 heterocycles. The molecule has 6 nitrogen and oxygen atoms in total. The second-order valence-electron chi connectivity index (χ2n) is 5.61. The van der Waals surface area contributed by atoms with E-state index >= 15 is 0 Å².